The molecule has 1 fully saturated rings. The summed E-state index contributed by atoms with van der Waals surface area (Å²) in [4.78, 5) is 10.9. The van der Waals surface area contributed by atoms with Crippen LogP contribution < -0.4 is 0 Å². The molecule has 0 amide bonds. The third-order valence-corrected chi connectivity index (χ3v) is 1.68. The van der Waals surface area contributed by atoms with Crippen LogP contribution in [-0.2, 0) is 14.3 Å². The summed E-state index contributed by atoms with van der Waals surface area (Å²) in [6, 6.07) is 0. The topological polar surface area (TPSA) is 35.5 Å². The normalized spacial score (nSPS) is 38.2. The lowest BCUT2D eigenvalue weighted by atomic mass is 10.1. The van der Waals surface area contributed by atoms with Crippen molar-refractivity contribution in [3.63, 3.8) is 0 Å². The number of fused-ring (bicyclic) bond motifs is 2. The van der Waals surface area contributed by atoms with E-state index >= 15 is 0 Å². The van der Waals surface area contributed by atoms with Crippen molar-refractivity contribution in [3.8, 4) is 0 Å². The molecule has 0 saturated carbocycles. The number of ether oxygens (including phenoxy) is 2. The van der Waals surface area contributed by atoms with Crippen LogP contribution in [0.1, 0.15) is 6.42 Å². The first-order valence-corrected chi connectivity index (χ1v) is 3.35. The van der Waals surface area contributed by atoms with Gasteiger partial charge in [0, 0.05) is 6.42 Å². The maximum atomic E-state index is 10.9. The highest BCUT2D eigenvalue weighted by Crippen LogP contribution is 2.18. The van der Waals surface area contributed by atoms with Gasteiger partial charge in [0.1, 0.15) is 0 Å². The summed E-state index contributed by atoms with van der Waals surface area (Å²) in [5.74, 6) is -0.0732. The van der Waals surface area contributed by atoms with Crippen molar-refractivity contribution in [2.45, 2.75) is 18.8 Å². The summed E-state index contributed by atoms with van der Waals surface area (Å²) in [5, 5.41) is 0. The average Bonchev–Trinajstić information content (AvgIpc) is 1.99. The van der Waals surface area contributed by atoms with E-state index in [1.807, 2.05) is 0 Å². The quantitative estimate of drug-likeness (QED) is 0.484. The molecule has 2 aliphatic rings. The lowest BCUT2D eigenvalue weighted by Crippen LogP contribution is -2.39. The van der Waals surface area contributed by atoms with Gasteiger partial charge in [0.05, 0.1) is 12.7 Å². The zero-order chi connectivity index (χ0) is 6.97. The monoisotopic (exact) mass is 140 g/mol. The van der Waals surface area contributed by atoms with Crippen molar-refractivity contribution in [1.29, 1.82) is 0 Å². The van der Waals surface area contributed by atoms with Gasteiger partial charge in [-0.05, 0) is 6.08 Å². The maximum Gasteiger partial charge on any atom is 0.222 e. The van der Waals surface area contributed by atoms with Crippen LogP contribution in [-0.4, -0.2) is 24.8 Å². The fraction of sp³-hybridized carbons (Fsp3) is 0.571. The number of hydrogen-bond acceptors (Lipinski definition) is 3. The summed E-state index contributed by atoms with van der Waals surface area (Å²) in [6.45, 7) is 0.630. The fourth-order valence-corrected chi connectivity index (χ4v) is 1.13. The summed E-state index contributed by atoms with van der Waals surface area (Å²) < 4.78 is 10.2. The average molecular weight is 140 g/mol. The predicted molar refractivity (Wildman–Crippen MR) is 33.4 cm³/mol. The predicted octanol–water partition coefficient (Wildman–Crippen LogP) is 0.257. The van der Waals surface area contributed by atoms with E-state index in [0.717, 1.165) is 6.42 Å². The second-order valence-electron chi connectivity index (χ2n) is 2.43. The molecule has 2 bridgehead atoms. The van der Waals surface area contributed by atoms with Crippen LogP contribution in [0.2, 0.25) is 0 Å². The molecule has 0 aromatic heterocycles. The third kappa shape index (κ3) is 0.874. The van der Waals surface area contributed by atoms with Gasteiger partial charge in [-0.15, -0.1) is 0 Å². The van der Waals surface area contributed by atoms with Gasteiger partial charge in [-0.2, -0.15) is 0 Å². The summed E-state index contributed by atoms with van der Waals surface area (Å²) in [7, 11) is 0. The van der Waals surface area contributed by atoms with Crippen molar-refractivity contribution in [2.75, 3.05) is 6.61 Å². The molecule has 0 aromatic carbocycles. The molecule has 2 atom stereocenters. The minimum absolute atomic E-state index is 0.0732. The standard InChI is InChI=1S/C7H8O3/c8-6-2-1-5-3-4-9-7(6)10-5/h1-2,5,7H,3-4H2/t5-,7+/m0/s1. The molecule has 0 N–H and O–H groups in total. The van der Waals surface area contributed by atoms with Crippen molar-refractivity contribution < 1.29 is 14.3 Å². The van der Waals surface area contributed by atoms with E-state index in [9.17, 15) is 4.79 Å². The van der Waals surface area contributed by atoms with Crippen LogP contribution in [0.3, 0.4) is 0 Å². The van der Waals surface area contributed by atoms with Crippen molar-refractivity contribution in [3.05, 3.63) is 12.2 Å². The lowest BCUT2D eigenvalue weighted by Gasteiger charge is -2.29. The SMILES string of the molecule is O=C1C=C[C@H]2CCO[C@@H]1O2. The van der Waals surface area contributed by atoms with Crippen molar-refractivity contribution in [2.24, 2.45) is 0 Å². The number of hydrogen-bond donors (Lipinski definition) is 0. The first kappa shape index (κ1) is 6.07. The highest BCUT2D eigenvalue weighted by molar-refractivity contribution is 5.93. The summed E-state index contributed by atoms with van der Waals surface area (Å²) in [5.41, 5.74) is 0. The minimum Gasteiger partial charge on any atom is -0.346 e. The molecule has 10 heavy (non-hydrogen) atoms. The molecule has 0 radical (unpaired) electrons. The molecule has 0 aliphatic carbocycles. The molecular weight excluding hydrogens is 132 g/mol. The molecule has 1 saturated heterocycles. The maximum absolute atomic E-state index is 10.9. The number of carbonyl (C=O) groups excluding carboxylic acids is 1. The lowest BCUT2D eigenvalue weighted by molar-refractivity contribution is -0.202. The Morgan fingerprint density at radius 1 is 1.60 bits per heavy atom. The molecular formula is C7H8O3. The molecule has 54 valence electrons. The molecule has 0 spiro atoms. The molecule has 2 heterocycles. The molecule has 2 aliphatic heterocycles. The van der Waals surface area contributed by atoms with Crippen LogP contribution in [0, 0.1) is 0 Å². The second-order valence-corrected chi connectivity index (χ2v) is 2.43. The van der Waals surface area contributed by atoms with Gasteiger partial charge in [0.15, 0.2) is 0 Å². The Morgan fingerprint density at radius 3 is 3.30 bits per heavy atom. The van der Waals surface area contributed by atoms with Crippen LogP contribution in [0.4, 0.5) is 0 Å². The fourth-order valence-electron chi connectivity index (χ4n) is 1.13. The highest BCUT2D eigenvalue weighted by Gasteiger charge is 2.29. The smallest absolute Gasteiger partial charge is 0.222 e. The molecule has 3 nitrogen and oxygen atoms in total. The first-order valence-electron chi connectivity index (χ1n) is 3.35. The van der Waals surface area contributed by atoms with E-state index in [2.05, 4.69) is 0 Å². The molecule has 3 heteroatoms. The van der Waals surface area contributed by atoms with E-state index in [4.69, 9.17) is 9.47 Å². The van der Waals surface area contributed by atoms with Crippen molar-refractivity contribution >= 4 is 5.78 Å². The Bertz CT molecular complexity index is 185. The summed E-state index contributed by atoms with van der Waals surface area (Å²) >= 11 is 0. The van der Waals surface area contributed by atoms with Gasteiger partial charge >= 0.3 is 0 Å². The largest absolute Gasteiger partial charge is 0.346 e. The van der Waals surface area contributed by atoms with Gasteiger partial charge in [0.25, 0.3) is 0 Å². The number of carbonyl (C=O) groups is 1. The third-order valence-electron chi connectivity index (χ3n) is 1.68. The number of rotatable bonds is 0. The Morgan fingerprint density at radius 2 is 2.50 bits per heavy atom. The summed E-state index contributed by atoms with van der Waals surface area (Å²) in [6.07, 6.45) is 3.69. The Labute approximate surface area is 58.6 Å². The Balaban J connectivity index is 2.21. The zero-order valence-electron chi connectivity index (χ0n) is 5.45. The van der Waals surface area contributed by atoms with Gasteiger partial charge in [0.2, 0.25) is 12.1 Å². The highest BCUT2D eigenvalue weighted by atomic mass is 16.7. The van der Waals surface area contributed by atoms with Gasteiger partial charge < -0.3 is 9.47 Å². The van der Waals surface area contributed by atoms with Crippen LogP contribution >= 0.6 is 0 Å². The van der Waals surface area contributed by atoms with Crippen molar-refractivity contribution in [1.82, 2.24) is 0 Å². The molecule has 2 rings (SSSR count). The van der Waals surface area contributed by atoms with E-state index < -0.39 is 6.29 Å². The Hall–Kier alpha value is -0.670. The minimum atomic E-state index is -0.608. The van der Waals surface area contributed by atoms with E-state index in [1.165, 1.54) is 6.08 Å². The Kier molecular flexibility index (Phi) is 1.32. The van der Waals surface area contributed by atoms with Gasteiger partial charge in [-0.25, -0.2) is 0 Å². The number of ketones is 1. The van der Waals surface area contributed by atoms with Crippen LogP contribution in [0.5, 0.6) is 0 Å². The molecule has 0 unspecified atom stereocenters. The second kappa shape index (κ2) is 2.18. The molecule has 0 aromatic rings. The van der Waals surface area contributed by atoms with Gasteiger partial charge in [-0.1, -0.05) is 6.08 Å². The van der Waals surface area contributed by atoms with E-state index in [0.29, 0.717) is 6.61 Å². The van der Waals surface area contributed by atoms with E-state index in [1.54, 1.807) is 6.08 Å². The van der Waals surface area contributed by atoms with Crippen LogP contribution in [0.15, 0.2) is 12.2 Å². The first-order chi connectivity index (χ1) is 4.86. The van der Waals surface area contributed by atoms with Crippen LogP contribution in [0.25, 0.3) is 0 Å². The van der Waals surface area contributed by atoms with Gasteiger partial charge in [-0.3, -0.25) is 4.79 Å². The van der Waals surface area contributed by atoms with E-state index in [-0.39, 0.29) is 11.9 Å². The zero-order valence-corrected chi connectivity index (χ0v) is 5.45.